The number of hydrogen-bond donors (Lipinski definition) is 1. The van der Waals surface area contributed by atoms with Crippen molar-refractivity contribution in [3.63, 3.8) is 0 Å². The topological polar surface area (TPSA) is 38.4 Å². The van der Waals surface area contributed by atoms with E-state index in [0.717, 1.165) is 43.9 Å². The van der Waals surface area contributed by atoms with E-state index in [1.54, 1.807) is 0 Å². The number of halogens is 2. The summed E-state index contributed by atoms with van der Waals surface area (Å²) in [6.07, 6.45) is 4.25. The summed E-state index contributed by atoms with van der Waals surface area (Å²) in [5.41, 5.74) is 5.78. The van der Waals surface area contributed by atoms with Gasteiger partial charge < -0.3 is 5.73 Å². The van der Waals surface area contributed by atoms with E-state index >= 15 is 0 Å². The molecule has 0 spiro atoms. The summed E-state index contributed by atoms with van der Waals surface area (Å²) in [6.45, 7) is 0. The molecule has 1 saturated carbocycles. The van der Waals surface area contributed by atoms with Crippen LogP contribution < -0.4 is 5.73 Å². The Morgan fingerprint density at radius 2 is 1.94 bits per heavy atom. The van der Waals surface area contributed by atoms with Gasteiger partial charge in [0, 0.05) is 12.0 Å². The normalized spacial score (nSPS) is 18.0. The first-order chi connectivity index (χ1) is 7.66. The van der Waals surface area contributed by atoms with Crippen LogP contribution >= 0.6 is 0 Å². The fourth-order valence-electron chi connectivity index (χ4n) is 2.02. The minimum absolute atomic E-state index is 0.00981. The molecule has 0 atom stereocenters. The lowest BCUT2D eigenvalue weighted by Crippen LogP contribution is -2.20. The molecule has 1 aromatic carbocycles. The highest BCUT2D eigenvalue weighted by atomic mass is 19.1. The predicted octanol–water partition coefficient (Wildman–Crippen LogP) is 3.14. The number of hydrogen-bond acceptors (Lipinski definition) is 1. The summed E-state index contributed by atoms with van der Waals surface area (Å²) in [4.78, 5) is 3.98. The highest BCUT2D eigenvalue weighted by Gasteiger charge is 2.19. The summed E-state index contributed by atoms with van der Waals surface area (Å²) >= 11 is 0. The fraction of sp³-hybridized carbons (Fsp3) is 0.417. The average molecular weight is 224 g/mol. The van der Waals surface area contributed by atoms with Gasteiger partial charge in [-0.1, -0.05) is 12.8 Å². The van der Waals surface area contributed by atoms with Gasteiger partial charge in [-0.05, 0) is 25.0 Å². The lowest BCUT2D eigenvalue weighted by molar-refractivity contribution is 0.601. The Morgan fingerprint density at radius 3 is 2.62 bits per heavy atom. The van der Waals surface area contributed by atoms with Gasteiger partial charge >= 0.3 is 0 Å². The molecule has 0 radical (unpaired) electrons. The Kier molecular flexibility index (Phi) is 3.17. The van der Waals surface area contributed by atoms with Crippen LogP contribution in [0.5, 0.6) is 0 Å². The van der Waals surface area contributed by atoms with Gasteiger partial charge in [-0.15, -0.1) is 0 Å². The zero-order valence-corrected chi connectivity index (χ0v) is 8.92. The number of nitrogens with zero attached hydrogens (tertiary/aromatic N) is 1. The fourth-order valence-corrected chi connectivity index (χ4v) is 2.02. The van der Waals surface area contributed by atoms with Crippen molar-refractivity contribution in [2.24, 2.45) is 16.6 Å². The van der Waals surface area contributed by atoms with Crippen molar-refractivity contribution in [3.8, 4) is 0 Å². The molecule has 1 aromatic rings. The highest BCUT2D eigenvalue weighted by Crippen LogP contribution is 2.27. The van der Waals surface area contributed by atoms with Crippen molar-refractivity contribution in [1.29, 1.82) is 0 Å². The molecule has 0 amide bonds. The third-order valence-electron chi connectivity index (χ3n) is 2.93. The maximum absolute atomic E-state index is 13.3. The second-order valence-electron chi connectivity index (χ2n) is 4.11. The molecule has 1 fully saturated rings. The van der Waals surface area contributed by atoms with Crippen LogP contribution in [0.4, 0.5) is 14.5 Å². The Morgan fingerprint density at radius 1 is 1.25 bits per heavy atom. The molecule has 1 aliphatic rings. The van der Waals surface area contributed by atoms with E-state index < -0.39 is 11.6 Å². The third-order valence-corrected chi connectivity index (χ3v) is 2.93. The number of rotatable bonds is 2. The molecule has 0 heterocycles. The number of benzene rings is 1. The van der Waals surface area contributed by atoms with E-state index in [2.05, 4.69) is 4.99 Å². The van der Waals surface area contributed by atoms with E-state index in [0.29, 0.717) is 5.84 Å². The maximum atomic E-state index is 13.3. The van der Waals surface area contributed by atoms with Crippen molar-refractivity contribution < 1.29 is 8.78 Å². The SMILES string of the molecule is NC(=Nc1cc(F)ccc1F)C1CCCC1. The predicted molar refractivity (Wildman–Crippen MR) is 59.6 cm³/mol. The molecule has 86 valence electrons. The molecule has 16 heavy (non-hydrogen) atoms. The first-order valence-corrected chi connectivity index (χ1v) is 5.46. The lowest BCUT2D eigenvalue weighted by atomic mass is 10.1. The van der Waals surface area contributed by atoms with E-state index in [4.69, 9.17) is 5.73 Å². The Labute approximate surface area is 93.2 Å². The molecule has 2 rings (SSSR count). The molecule has 2 N–H and O–H groups in total. The summed E-state index contributed by atoms with van der Waals surface area (Å²) in [6, 6.07) is 3.20. The van der Waals surface area contributed by atoms with Crippen LogP contribution in [-0.2, 0) is 0 Å². The van der Waals surface area contributed by atoms with Crippen LogP contribution in [0.25, 0.3) is 0 Å². The Balaban J connectivity index is 2.23. The molecular formula is C12H14F2N2. The van der Waals surface area contributed by atoms with Gasteiger partial charge in [0.25, 0.3) is 0 Å². The monoisotopic (exact) mass is 224 g/mol. The van der Waals surface area contributed by atoms with Crippen LogP contribution in [0.15, 0.2) is 23.2 Å². The lowest BCUT2D eigenvalue weighted by Gasteiger charge is -2.08. The number of nitrogens with two attached hydrogens (primary N) is 1. The van der Waals surface area contributed by atoms with E-state index in [9.17, 15) is 8.78 Å². The van der Waals surface area contributed by atoms with Gasteiger partial charge in [-0.3, -0.25) is 0 Å². The highest BCUT2D eigenvalue weighted by molar-refractivity contribution is 5.85. The Bertz CT molecular complexity index is 409. The second kappa shape index (κ2) is 4.60. The molecule has 0 unspecified atom stereocenters. The summed E-state index contributed by atoms with van der Waals surface area (Å²) in [7, 11) is 0. The van der Waals surface area contributed by atoms with Crippen molar-refractivity contribution in [2.75, 3.05) is 0 Å². The van der Waals surface area contributed by atoms with Gasteiger partial charge in [0.05, 0.1) is 0 Å². The van der Waals surface area contributed by atoms with Crippen molar-refractivity contribution in [2.45, 2.75) is 25.7 Å². The van der Waals surface area contributed by atoms with Crippen LogP contribution in [0.2, 0.25) is 0 Å². The molecular weight excluding hydrogens is 210 g/mol. The summed E-state index contributed by atoms with van der Waals surface area (Å²) in [5.74, 6) is -0.397. The van der Waals surface area contributed by atoms with Gasteiger partial charge in [0.1, 0.15) is 23.2 Å². The smallest absolute Gasteiger partial charge is 0.149 e. The average Bonchev–Trinajstić information content (AvgIpc) is 2.76. The van der Waals surface area contributed by atoms with Crippen LogP contribution in [0, 0.1) is 17.6 Å². The van der Waals surface area contributed by atoms with Crippen LogP contribution in [-0.4, -0.2) is 5.84 Å². The molecule has 2 nitrogen and oxygen atoms in total. The van der Waals surface area contributed by atoms with Gasteiger partial charge in [-0.25, -0.2) is 13.8 Å². The molecule has 0 aromatic heterocycles. The minimum atomic E-state index is -0.539. The van der Waals surface area contributed by atoms with Crippen molar-refractivity contribution in [1.82, 2.24) is 0 Å². The quantitative estimate of drug-likeness (QED) is 0.608. The Hall–Kier alpha value is -1.45. The molecule has 0 aliphatic heterocycles. The summed E-state index contributed by atoms with van der Waals surface area (Å²) in [5, 5.41) is 0. The molecule has 1 aliphatic carbocycles. The first-order valence-electron chi connectivity index (χ1n) is 5.46. The zero-order valence-electron chi connectivity index (χ0n) is 8.92. The van der Waals surface area contributed by atoms with Gasteiger partial charge in [0.15, 0.2) is 0 Å². The molecule has 4 heteroatoms. The van der Waals surface area contributed by atoms with Crippen LogP contribution in [0.3, 0.4) is 0 Å². The van der Waals surface area contributed by atoms with Crippen LogP contribution in [0.1, 0.15) is 25.7 Å². The van der Waals surface area contributed by atoms with E-state index in [-0.39, 0.29) is 11.6 Å². The largest absolute Gasteiger partial charge is 0.387 e. The first kappa shape index (κ1) is 11.0. The van der Waals surface area contributed by atoms with E-state index in [1.165, 1.54) is 0 Å². The number of amidine groups is 1. The van der Waals surface area contributed by atoms with Crippen molar-refractivity contribution >= 4 is 11.5 Å². The maximum Gasteiger partial charge on any atom is 0.149 e. The molecule has 0 saturated heterocycles. The van der Waals surface area contributed by atoms with Gasteiger partial charge in [0.2, 0.25) is 0 Å². The zero-order chi connectivity index (χ0) is 11.5. The third kappa shape index (κ3) is 2.38. The second-order valence-corrected chi connectivity index (χ2v) is 4.11. The number of aliphatic imine (C=N–C) groups is 1. The van der Waals surface area contributed by atoms with Crippen molar-refractivity contribution in [3.05, 3.63) is 29.8 Å². The summed E-state index contributed by atoms with van der Waals surface area (Å²) < 4.78 is 26.2. The van der Waals surface area contributed by atoms with Gasteiger partial charge in [-0.2, -0.15) is 0 Å². The minimum Gasteiger partial charge on any atom is -0.387 e. The molecule has 0 bridgehead atoms. The van der Waals surface area contributed by atoms with E-state index in [1.807, 2.05) is 0 Å². The standard InChI is InChI=1S/C12H14F2N2/c13-9-5-6-10(14)11(7-9)16-12(15)8-3-1-2-4-8/h5-8H,1-4H2,(H2,15,16).